The van der Waals surface area contributed by atoms with E-state index in [0.717, 1.165) is 12.0 Å². The van der Waals surface area contributed by atoms with Gasteiger partial charge in [0.2, 0.25) is 10.0 Å². The average Bonchev–Trinajstić information content (AvgIpc) is 2.62. The Bertz CT molecular complexity index is 888. The van der Waals surface area contributed by atoms with Crippen molar-refractivity contribution in [3.05, 3.63) is 58.9 Å². The quantitative estimate of drug-likeness (QED) is 0.846. The highest BCUT2D eigenvalue weighted by Gasteiger charge is 2.26. The third-order valence-corrected chi connectivity index (χ3v) is 6.47. The van der Waals surface area contributed by atoms with Crippen molar-refractivity contribution < 1.29 is 13.2 Å². The molecule has 3 rings (SSSR count). The van der Waals surface area contributed by atoms with Gasteiger partial charge in [-0.3, -0.25) is 14.1 Å². The monoisotopic (exact) mass is 393 g/mol. The lowest BCUT2D eigenvalue weighted by Crippen LogP contribution is -2.37. The first-order chi connectivity index (χ1) is 12.5. The molecule has 1 aromatic heterocycles. The minimum atomic E-state index is -3.30. The second-order valence-electron chi connectivity index (χ2n) is 6.12. The Morgan fingerprint density at radius 2 is 1.96 bits per heavy atom. The van der Waals surface area contributed by atoms with Crippen LogP contribution < -0.4 is 9.62 Å². The number of rotatable bonds is 5. The van der Waals surface area contributed by atoms with Gasteiger partial charge in [0.05, 0.1) is 22.0 Å². The molecule has 2 aromatic rings. The SMILES string of the molecule is O=C(NCCc1ccncc1)c1ccc(N2CCCCS2(=O)=O)cc1Cl. The summed E-state index contributed by atoms with van der Waals surface area (Å²) in [5.74, 6) is -0.140. The molecule has 1 amide bonds. The zero-order valence-corrected chi connectivity index (χ0v) is 15.8. The molecular weight excluding hydrogens is 374 g/mol. The van der Waals surface area contributed by atoms with E-state index in [-0.39, 0.29) is 16.7 Å². The number of benzene rings is 1. The zero-order valence-electron chi connectivity index (χ0n) is 14.2. The maximum absolute atomic E-state index is 12.3. The Kier molecular flexibility index (Phi) is 5.78. The van der Waals surface area contributed by atoms with Gasteiger partial charge >= 0.3 is 0 Å². The Hall–Kier alpha value is -2.12. The van der Waals surface area contributed by atoms with E-state index in [9.17, 15) is 13.2 Å². The molecule has 26 heavy (non-hydrogen) atoms. The van der Waals surface area contributed by atoms with E-state index >= 15 is 0 Å². The van der Waals surface area contributed by atoms with Crippen LogP contribution in [0.4, 0.5) is 5.69 Å². The Labute approximate surface area is 158 Å². The third kappa shape index (κ3) is 4.34. The van der Waals surface area contributed by atoms with Gasteiger partial charge in [-0.2, -0.15) is 0 Å². The molecule has 0 bridgehead atoms. The van der Waals surface area contributed by atoms with Crippen LogP contribution in [0.1, 0.15) is 28.8 Å². The Morgan fingerprint density at radius 3 is 2.65 bits per heavy atom. The van der Waals surface area contributed by atoms with Crippen LogP contribution >= 0.6 is 11.6 Å². The molecule has 0 aliphatic carbocycles. The largest absolute Gasteiger partial charge is 0.352 e. The molecule has 0 saturated carbocycles. The molecule has 1 N–H and O–H groups in total. The van der Waals surface area contributed by atoms with Crippen LogP contribution in [0.25, 0.3) is 0 Å². The number of pyridine rings is 1. The van der Waals surface area contributed by atoms with Crippen molar-refractivity contribution in [2.75, 3.05) is 23.1 Å². The molecule has 1 saturated heterocycles. The standard InChI is InChI=1S/C18H20ClN3O3S/c19-17-13-15(22-11-1-2-12-26(22,24)25)3-4-16(17)18(23)21-10-7-14-5-8-20-9-6-14/h3-6,8-9,13H,1-2,7,10-12H2,(H,21,23). The van der Waals surface area contributed by atoms with Crippen molar-refractivity contribution in [3.63, 3.8) is 0 Å². The predicted octanol–water partition coefficient (Wildman–Crippen LogP) is 2.64. The summed E-state index contributed by atoms with van der Waals surface area (Å²) in [5, 5.41) is 3.07. The number of sulfonamides is 1. The van der Waals surface area contributed by atoms with Crippen molar-refractivity contribution in [2.45, 2.75) is 19.3 Å². The highest BCUT2D eigenvalue weighted by Crippen LogP contribution is 2.28. The zero-order chi connectivity index (χ0) is 18.6. The van der Waals surface area contributed by atoms with E-state index in [2.05, 4.69) is 10.3 Å². The van der Waals surface area contributed by atoms with Crippen LogP contribution in [0.15, 0.2) is 42.7 Å². The summed E-state index contributed by atoms with van der Waals surface area (Å²) in [4.78, 5) is 16.3. The summed E-state index contributed by atoms with van der Waals surface area (Å²) in [5.41, 5.74) is 1.92. The van der Waals surface area contributed by atoms with E-state index in [4.69, 9.17) is 11.6 Å². The minimum Gasteiger partial charge on any atom is -0.352 e. The summed E-state index contributed by atoms with van der Waals surface area (Å²) in [7, 11) is -3.30. The fourth-order valence-corrected chi connectivity index (χ4v) is 4.78. The molecule has 6 nitrogen and oxygen atoms in total. The van der Waals surface area contributed by atoms with E-state index in [0.29, 0.717) is 37.2 Å². The van der Waals surface area contributed by atoms with E-state index in [1.807, 2.05) is 12.1 Å². The number of halogens is 1. The van der Waals surface area contributed by atoms with Crippen molar-refractivity contribution in [1.29, 1.82) is 0 Å². The summed E-state index contributed by atoms with van der Waals surface area (Å²) in [6, 6.07) is 8.54. The second-order valence-corrected chi connectivity index (χ2v) is 8.54. The molecule has 8 heteroatoms. The summed E-state index contributed by atoms with van der Waals surface area (Å²) in [6.45, 7) is 0.914. The topological polar surface area (TPSA) is 79.4 Å². The van der Waals surface area contributed by atoms with E-state index in [1.54, 1.807) is 30.6 Å². The van der Waals surface area contributed by atoms with Crippen LogP contribution in [-0.2, 0) is 16.4 Å². The highest BCUT2D eigenvalue weighted by atomic mass is 35.5. The molecule has 2 heterocycles. The van der Waals surface area contributed by atoms with Crippen LogP contribution in [0.3, 0.4) is 0 Å². The molecule has 0 atom stereocenters. The number of carbonyl (C=O) groups is 1. The number of anilines is 1. The fourth-order valence-electron chi connectivity index (χ4n) is 2.89. The number of carbonyl (C=O) groups excluding carboxylic acids is 1. The molecule has 0 spiro atoms. The van der Waals surface area contributed by atoms with Crippen molar-refractivity contribution in [3.8, 4) is 0 Å². The van der Waals surface area contributed by atoms with Crippen LogP contribution in [0.5, 0.6) is 0 Å². The van der Waals surface area contributed by atoms with Gasteiger partial charge in [0.1, 0.15) is 0 Å². The average molecular weight is 394 g/mol. The molecular formula is C18H20ClN3O3S. The van der Waals surface area contributed by atoms with Gasteiger partial charge in [-0.15, -0.1) is 0 Å². The predicted molar refractivity (Wildman–Crippen MR) is 102 cm³/mol. The third-order valence-electron chi connectivity index (χ3n) is 4.28. The van der Waals surface area contributed by atoms with Crippen LogP contribution in [0, 0.1) is 0 Å². The first-order valence-corrected chi connectivity index (χ1v) is 10.4. The molecule has 0 radical (unpaired) electrons. The molecule has 138 valence electrons. The maximum Gasteiger partial charge on any atom is 0.252 e. The molecule has 1 aliphatic rings. The van der Waals surface area contributed by atoms with Gasteiger partial charge < -0.3 is 5.32 Å². The molecule has 0 unspecified atom stereocenters. The summed E-state index contributed by atoms with van der Waals surface area (Å²) < 4.78 is 25.7. The van der Waals surface area contributed by atoms with Crippen LogP contribution in [0.2, 0.25) is 5.02 Å². The van der Waals surface area contributed by atoms with Crippen LogP contribution in [-0.4, -0.2) is 38.2 Å². The van der Waals surface area contributed by atoms with Gasteiger partial charge in [0.15, 0.2) is 0 Å². The van der Waals surface area contributed by atoms with Gasteiger partial charge in [-0.25, -0.2) is 8.42 Å². The van der Waals surface area contributed by atoms with Crippen molar-refractivity contribution in [1.82, 2.24) is 10.3 Å². The smallest absolute Gasteiger partial charge is 0.252 e. The molecule has 1 aromatic carbocycles. The Morgan fingerprint density at radius 1 is 1.19 bits per heavy atom. The van der Waals surface area contributed by atoms with Gasteiger partial charge in [0.25, 0.3) is 5.91 Å². The first kappa shape index (κ1) is 18.7. The van der Waals surface area contributed by atoms with Gasteiger partial charge in [-0.05, 0) is 55.2 Å². The maximum atomic E-state index is 12.3. The Balaban J connectivity index is 1.66. The van der Waals surface area contributed by atoms with Gasteiger partial charge in [0, 0.05) is 25.5 Å². The highest BCUT2D eigenvalue weighted by molar-refractivity contribution is 7.92. The van der Waals surface area contributed by atoms with Crippen molar-refractivity contribution >= 4 is 33.2 Å². The normalized spacial score (nSPS) is 16.3. The number of hydrogen-bond donors (Lipinski definition) is 1. The number of amides is 1. The summed E-state index contributed by atoms with van der Waals surface area (Å²) >= 11 is 6.24. The number of nitrogens with zero attached hydrogens (tertiary/aromatic N) is 2. The van der Waals surface area contributed by atoms with Gasteiger partial charge in [-0.1, -0.05) is 11.6 Å². The minimum absolute atomic E-state index is 0.141. The number of aromatic nitrogens is 1. The van der Waals surface area contributed by atoms with Crippen molar-refractivity contribution in [2.24, 2.45) is 0 Å². The lowest BCUT2D eigenvalue weighted by atomic mass is 10.1. The summed E-state index contributed by atoms with van der Waals surface area (Å²) in [6.07, 6.45) is 5.59. The molecule has 1 aliphatic heterocycles. The second kappa shape index (κ2) is 8.05. The molecule has 1 fully saturated rings. The lowest BCUT2D eigenvalue weighted by molar-refractivity contribution is 0.0954. The fraction of sp³-hybridized carbons (Fsp3) is 0.333. The van der Waals surface area contributed by atoms with E-state index < -0.39 is 10.0 Å². The lowest BCUT2D eigenvalue weighted by Gasteiger charge is -2.28. The number of nitrogens with one attached hydrogen (secondary N) is 1. The first-order valence-electron chi connectivity index (χ1n) is 8.44. The number of hydrogen-bond acceptors (Lipinski definition) is 4. The van der Waals surface area contributed by atoms with E-state index in [1.165, 1.54) is 4.31 Å².